The molecule has 3 aromatic carbocycles. The fraction of sp³-hybridized carbons (Fsp3) is 0.0333. The third-order valence-corrected chi connectivity index (χ3v) is 6.48. The summed E-state index contributed by atoms with van der Waals surface area (Å²) in [4.78, 5) is 42.6. The molecule has 1 amide bonds. The average Bonchev–Trinajstić information content (AvgIpc) is 2.96. The minimum absolute atomic E-state index is 0.140. The van der Waals surface area contributed by atoms with Gasteiger partial charge in [0.2, 0.25) is 5.56 Å². The van der Waals surface area contributed by atoms with Crippen LogP contribution in [0.15, 0.2) is 102 Å². The van der Waals surface area contributed by atoms with E-state index in [4.69, 9.17) is 21.6 Å². The number of nitrogens with one attached hydrogen (secondary N) is 2. The summed E-state index contributed by atoms with van der Waals surface area (Å²) in [5.74, 6) is -0.418. The Kier molecular flexibility index (Phi) is 6.11. The Morgan fingerprint density at radius 3 is 2.34 bits per heavy atom. The highest BCUT2D eigenvalue weighted by atomic mass is 35.5. The molecule has 0 atom stereocenters. The Morgan fingerprint density at radius 2 is 1.55 bits per heavy atom. The summed E-state index contributed by atoms with van der Waals surface area (Å²) in [6.07, 6.45) is 1.69. The zero-order valence-electron chi connectivity index (χ0n) is 20.0. The average molecular weight is 518 g/mol. The number of nitrogens with zero attached hydrogens (tertiary/aromatic N) is 3. The number of aromatic amines is 1. The predicted octanol–water partition coefficient (Wildman–Crippen LogP) is 5.78. The molecule has 0 unspecified atom stereocenters. The van der Waals surface area contributed by atoms with Crippen molar-refractivity contribution < 1.29 is 4.79 Å². The van der Waals surface area contributed by atoms with Crippen molar-refractivity contribution in [3.05, 3.63) is 124 Å². The van der Waals surface area contributed by atoms with Gasteiger partial charge in [0.1, 0.15) is 5.52 Å². The number of amides is 1. The van der Waals surface area contributed by atoms with Gasteiger partial charge in [0, 0.05) is 35.3 Å². The number of carbonyl (C=O) groups is 1. The van der Waals surface area contributed by atoms with Gasteiger partial charge in [-0.05, 0) is 23.8 Å². The van der Waals surface area contributed by atoms with Crippen LogP contribution < -0.4 is 10.9 Å². The number of H-pyrrole nitrogens is 1. The lowest BCUT2D eigenvalue weighted by Crippen LogP contribution is -2.25. The first-order chi connectivity index (χ1) is 18.6. The molecule has 184 valence electrons. The number of halogens is 1. The van der Waals surface area contributed by atoms with Gasteiger partial charge in [0.25, 0.3) is 5.91 Å². The first-order valence-corrected chi connectivity index (χ1v) is 12.3. The van der Waals surface area contributed by atoms with Crippen LogP contribution in [0.5, 0.6) is 0 Å². The summed E-state index contributed by atoms with van der Waals surface area (Å²) >= 11 is 6.61. The van der Waals surface area contributed by atoms with E-state index in [1.165, 1.54) is 6.07 Å². The molecule has 3 heterocycles. The second-order valence-electron chi connectivity index (χ2n) is 8.73. The molecule has 0 radical (unpaired) electrons. The van der Waals surface area contributed by atoms with Crippen molar-refractivity contribution in [3.8, 4) is 22.5 Å². The molecule has 3 aromatic heterocycles. The van der Waals surface area contributed by atoms with Crippen LogP contribution in [0.1, 0.15) is 15.9 Å². The first kappa shape index (κ1) is 23.5. The van der Waals surface area contributed by atoms with E-state index in [9.17, 15) is 9.59 Å². The Hall–Kier alpha value is -4.88. The van der Waals surface area contributed by atoms with Crippen molar-refractivity contribution in [3.63, 3.8) is 0 Å². The molecule has 7 nitrogen and oxygen atoms in total. The van der Waals surface area contributed by atoms with Gasteiger partial charge < -0.3 is 10.3 Å². The van der Waals surface area contributed by atoms with Crippen LogP contribution in [0.4, 0.5) is 0 Å². The smallest absolute Gasteiger partial charge is 0.254 e. The Bertz CT molecular complexity index is 1870. The molecule has 0 aliphatic rings. The van der Waals surface area contributed by atoms with Crippen LogP contribution in [0, 0.1) is 0 Å². The SMILES string of the molecule is O=C(NCc1ccccc1)c1cc(=O)[nH]c2nc(-c3ccccc3)c(-c3cc(Cl)c4ncccc4c3)nc12. The molecular formula is C30H20ClN5O2. The molecule has 0 saturated carbocycles. The minimum Gasteiger partial charge on any atom is -0.348 e. The van der Waals surface area contributed by atoms with Gasteiger partial charge in [-0.25, -0.2) is 9.97 Å². The molecular weight excluding hydrogens is 498 g/mol. The van der Waals surface area contributed by atoms with Crippen LogP contribution in [0.25, 0.3) is 44.6 Å². The number of benzene rings is 3. The zero-order chi connectivity index (χ0) is 26.1. The number of fused-ring (bicyclic) bond motifs is 2. The fourth-order valence-corrected chi connectivity index (χ4v) is 4.67. The molecule has 8 heteroatoms. The van der Waals surface area contributed by atoms with Crippen LogP contribution in [0.3, 0.4) is 0 Å². The van der Waals surface area contributed by atoms with Gasteiger partial charge in [-0.15, -0.1) is 0 Å². The van der Waals surface area contributed by atoms with Crippen molar-refractivity contribution in [2.75, 3.05) is 0 Å². The first-order valence-electron chi connectivity index (χ1n) is 11.9. The highest BCUT2D eigenvalue weighted by molar-refractivity contribution is 6.35. The van der Waals surface area contributed by atoms with Crippen molar-refractivity contribution in [1.29, 1.82) is 0 Å². The van der Waals surface area contributed by atoms with Crippen LogP contribution in [-0.4, -0.2) is 25.8 Å². The number of hydrogen-bond donors (Lipinski definition) is 2. The van der Waals surface area contributed by atoms with Gasteiger partial charge >= 0.3 is 0 Å². The Balaban J connectivity index is 1.55. The molecule has 0 fully saturated rings. The van der Waals surface area contributed by atoms with Crippen LogP contribution in [0.2, 0.25) is 5.02 Å². The number of pyridine rings is 2. The zero-order valence-corrected chi connectivity index (χ0v) is 20.7. The molecule has 0 aliphatic carbocycles. The lowest BCUT2D eigenvalue weighted by Gasteiger charge is -2.13. The van der Waals surface area contributed by atoms with Crippen molar-refractivity contribution in [2.45, 2.75) is 6.54 Å². The number of rotatable bonds is 5. The number of aromatic nitrogens is 4. The van der Waals surface area contributed by atoms with Gasteiger partial charge in [-0.3, -0.25) is 14.6 Å². The third kappa shape index (κ3) is 4.51. The van der Waals surface area contributed by atoms with E-state index in [-0.39, 0.29) is 16.7 Å². The summed E-state index contributed by atoms with van der Waals surface area (Å²) in [5.41, 5.74) is 4.42. The molecule has 0 saturated heterocycles. The lowest BCUT2D eigenvalue weighted by molar-refractivity contribution is 0.0952. The third-order valence-electron chi connectivity index (χ3n) is 6.19. The van der Waals surface area contributed by atoms with E-state index in [2.05, 4.69) is 15.3 Å². The topological polar surface area (TPSA) is 101 Å². The van der Waals surface area contributed by atoms with E-state index >= 15 is 0 Å². The summed E-state index contributed by atoms with van der Waals surface area (Å²) < 4.78 is 0. The maximum atomic E-state index is 13.3. The van der Waals surface area contributed by atoms with E-state index < -0.39 is 11.5 Å². The Labute approximate surface area is 222 Å². The van der Waals surface area contributed by atoms with Crippen molar-refractivity contribution in [2.24, 2.45) is 0 Å². The van der Waals surface area contributed by atoms with E-state index in [0.717, 1.165) is 16.5 Å². The molecule has 0 aliphatic heterocycles. The van der Waals surface area contributed by atoms with Gasteiger partial charge in [-0.2, -0.15) is 0 Å². The normalized spacial score (nSPS) is 11.1. The standard InChI is InChI=1S/C30H20ClN5O2/c31-23-15-21(14-20-12-7-13-32-25(20)23)27-26(19-10-5-2-6-11-19)36-29-28(35-27)22(16-24(37)34-29)30(38)33-17-18-8-3-1-4-9-18/h1-16H,17H2,(H,33,38)(H,34,36,37). The minimum atomic E-state index is -0.441. The van der Waals surface area contributed by atoms with Crippen molar-refractivity contribution in [1.82, 2.24) is 25.3 Å². The van der Waals surface area contributed by atoms with Gasteiger partial charge in [0.15, 0.2) is 5.65 Å². The molecule has 38 heavy (non-hydrogen) atoms. The maximum Gasteiger partial charge on any atom is 0.254 e. The van der Waals surface area contributed by atoms with Crippen LogP contribution in [-0.2, 0) is 6.54 Å². The highest BCUT2D eigenvalue weighted by Gasteiger charge is 2.20. The fourth-order valence-electron chi connectivity index (χ4n) is 4.39. The summed E-state index contributed by atoms with van der Waals surface area (Å²) in [7, 11) is 0. The quantitative estimate of drug-likeness (QED) is 0.302. The largest absolute Gasteiger partial charge is 0.348 e. The van der Waals surface area contributed by atoms with Crippen molar-refractivity contribution >= 4 is 39.6 Å². The lowest BCUT2D eigenvalue weighted by atomic mass is 10.0. The van der Waals surface area contributed by atoms with E-state index in [1.807, 2.05) is 78.9 Å². The van der Waals surface area contributed by atoms with Crippen LogP contribution >= 0.6 is 11.6 Å². The number of carbonyl (C=O) groups excluding carboxylic acids is 1. The summed E-state index contributed by atoms with van der Waals surface area (Å²) in [5, 5.41) is 4.20. The van der Waals surface area contributed by atoms with E-state index in [1.54, 1.807) is 12.3 Å². The van der Waals surface area contributed by atoms with Gasteiger partial charge in [0.05, 0.1) is 27.5 Å². The highest BCUT2D eigenvalue weighted by Crippen LogP contribution is 2.35. The second-order valence-corrected chi connectivity index (χ2v) is 9.14. The maximum absolute atomic E-state index is 13.3. The molecule has 0 spiro atoms. The molecule has 2 N–H and O–H groups in total. The molecule has 6 aromatic rings. The monoisotopic (exact) mass is 517 g/mol. The van der Waals surface area contributed by atoms with Gasteiger partial charge in [-0.1, -0.05) is 78.3 Å². The molecule has 0 bridgehead atoms. The number of hydrogen-bond acceptors (Lipinski definition) is 5. The predicted molar refractivity (Wildman–Crippen MR) is 149 cm³/mol. The summed E-state index contributed by atoms with van der Waals surface area (Å²) in [6.45, 7) is 0.309. The van der Waals surface area contributed by atoms with E-state index in [0.29, 0.717) is 34.0 Å². The molecule has 6 rings (SSSR count). The second kappa shape index (κ2) is 9.88. The summed E-state index contributed by atoms with van der Waals surface area (Å²) in [6, 6.07) is 27.8. The Morgan fingerprint density at radius 1 is 0.816 bits per heavy atom.